The van der Waals surface area contributed by atoms with Crippen LogP contribution in [0.2, 0.25) is 0 Å². The maximum absolute atomic E-state index is 12.4. The molecule has 1 saturated heterocycles. The highest BCUT2D eigenvalue weighted by atomic mass is 16.5. The smallest absolute Gasteiger partial charge is 0.258 e. The molecule has 0 saturated carbocycles. The first kappa shape index (κ1) is 10.5. The number of anilines is 1. The summed E-state index contributed by atoms with van der Waals surface area (Å²) in [6, 6.07) is 3.71. The molecule has 2 aliphatic rings. The van der Waals surface area contributed by atoms with E-state index in [2.05, 4.69) is 10.3 Å². The molecule has 0 unspecified atom stereocenters. The van der Waals surface area contributed by atoms with Gasteiger partial charge in [0.05, 0.1) is 11.6 Å². The number of carbonyl (C=O) groups excluding carboxylic acids is 1. The lowest BCUT2D eigenvalue weighted by Crippen LogP contribution is -2.44. The van der Waals surface area contributed by atoms with E-state index in [0.29, 0.717) is 11.4 Å². The molecule has 2 aliphatic heterocycles. The predicted molar refractivity (Wildman–Crippen MR) is 62.7 cm³/mol. The van der Waals surface area contributed by atoms with Crippen molar-refractivity contribution in [3.05, 3.63) is 23.9 Å². The van der Waals surface area contributed by atoms with E-state index in [1.54, 1.807) is 19.4 Å². The molecule has 0 aliphatic carbocycles. The van der Waals surface area contributed by atoms with Crippen LogP contribution in [0.15, 0.2) is 18.3 Å². The molecule has 2 atom stereocenters. The fraction of sp³-hybridized carbons (Fsp3) is 0.500. The summed E-state index contributed by atoms with van der Waals surface area (Å²) in [6.07, 6.45) is 3.53. The Balaban J connectivity index is 2.06. The molecule has 1 N–H and O–H groups in total. The van der Waals surface area contributed by atoms with Gasteiger partial charge in [0.1, 0.15) is 12.0 Å². The van der Waals surface area contributed by atoms with Crippen molar-refractivity contribution in [3.8, 4) is 0 Å². The van der Waals surface area contributed by atoms with Gasteiger partial charge in [-0.1, -0.05) is 0 Å². The second kappa shape index (κ2) is 4.00. The first-order chi connectivity index (χ1) is 8.31. The molecule has 1 aromatic rings. The summed E-state index contributed by atoms with van der Waals surface area (Å²) in [4.78, 5) is 18.5. The van der Waals surface area contributed by atoms with Gasteiger partial charge in [-0.3, -0.25) is 4.79 Å². The highest BCUT2D eigenvalue weighted by Gasteiger charge is 2.39. The number of ether oxygens (including phenoxy) is 1. The summed E-state index contributed by atoms with van der Waals surface area (Å²) in [5, 5.41) is 3.22. The minimum atomic E-state index is -0.169. The number of aromatic nitrogens is 1. The Morgan fingerprint density at radius 1 is 1.59 bits per heavy atom. The van der Waals surface area contributed by atoms with Gasteiger partial charge in [0.2, 0.25) is 0 Å². The summed E-state index contributed by atoms with van der Waals surface area (Å²) >= 11 is 0. The van der Waals surface area contributed by atoms with Gasteiger partial charge in [0.25, 0.3) is 5.91 Å². The molecular weight excluding hydrogens is 218 g/mol. The Morgan fingerprint density at radius 2 is 2.47 bits per heavy atom. The van der Waals surface area contributed by atoms with Crippen LogP contribution in [0.3, 0.4) is 0 Å². The van der Waals surface area contributed by atoms with Crippen LogP contribution in [-0.4, -0.2) is 41.7 Å². The average molecular weight is 233 g/mol. The van der Waals surface area contributed by atoms with Gasteiger partial charge in [0, 0.05) is 19.9 Å². The van der Waals surface area contributed by atoms with Gasteiger partial charge >= 0.3 is 0 Å². The number of nitrogens with zero attached hydrogens (tertiary/aromatic N) is 2. The van der Waals surface area contributed by atoms with Crippen LogP contribution in [0, 0.1) is 0 Å². The fourth-order valence-corrected chi connectivity index (χ4v) is 2.65. The lowest BCUT2D eigenvalue weighted by Gasteiger charge is -2.27. The zero-order chi connectivity index (χ0) is 11.8. The maximum Gasteiger partial charge on any atom is 0.258 e. The van der Waals surface area contributed by atoms with Crippen LogP contribution in [-0.2, 0) is 4.74 Å². The predicted octanol–water partition coefficient (Wildman–Crippen LogP) is 1.08. The van der Waals surface area contributed by atoms with Crippen molar-refractivity contribution in [1.82, 2.24) is 9.88 Å². The molecule has 0 spiro atoms. The Labute approximate surface area is 99.8 Å². The van der Waals surface area contributed by atoms with Crippen LogP contribution in [0.4, 0.5) is 5.82 Å². The molecule has 17 heavy (non-hydrogen) atoms. The quantitative estimate of drug-likeness (QED) is 0.788. The van der Waals surface area contributed by atoms with Crippen molar-refractivity contribution in [3.63, 3.8) is 0 Å². The number of fused-ring (bicyclic) bond motifs is 2. The molecular formula is C12H15N3O2. The Morgan fingerprint density at radius 3 is 3.29 bits per heavy atom. The van der Waals surface area contributed by atoms with Crippen molar-refractivity contribution in [2.75, 3.05) is 19.0 Å². The number of nitrogens with one attached hydrogen (secondary N) is 1. The summed E-state index contributed by atoms with van der Waals surface area (Å²) in [5.74, 6) is 0.682. The second-order valence-corrected chi connectivity index (χ2v) is 4.41. The largest absolute Gasteiger partial charge is 0.360 e. The van der Waals surface area contributed by atoms with Crippen LogP contribution in [0.5, 0.6) is 0 Å². The Kier molecular flexibility index (Phi) is 2.48. The topological polar surface area (TPSA) is 54.5 Å². The van der Waals surface area contributed by atoms with E-state index in [0.717, 1.165) is 19.4 Å². The van der Waals surface area contributed by atoms with E-state index in [1.165, 1.54) is 0 Å². The zero-order valence-electron chi connectivity index (χ0n) is 9.72. The lowest BCUT2D eigenvalue weighted by molar-refractivity contribution is 0.0420. The average Bonchev–Trinajstić information content (AvgIpc) is 2.81. The highest BCUT2D eigenvalue weighted by Crippen LogP contribution is 2.29. The first-order valence-electron chi connectivity index (χ1n) is 5.86. The number of methoxy groups -OCH3 is 1. The number of carbonyl (C=O) groups is 1. The number of pyridine rings is 1. The number of rotatable bonds is 1. The highest BCUT2D eigenvalue weighted by molar-refractivity contribution is 5.99. The molecule has 3 heterocycles. The SMILES string of the molecule is CO[C@@H]1Nc2ncccc2C(=O)N2CCC[C@@H]12. The van der Waals surface area contributed by atoms with E-state index < -0.39 is 0 Å². The summed E-state index contributed by atoms with van der Waals surface area (Å²) in [5.41, 5.74) is 0.638. The van der Waals surface area contributed by atoms with Gasteiger partial charge in [-0.05, 0) is 25.0 Å². The minimum Gasteiger partial charge on any atom is -0.360 e. The fourth-order valence-electron chi connectivity index (χ4n) is 2.65. The summed E-state index contributed by atoms with van der Waals surface area (Å²) < 4.78 is 5.45. The number of amides is 1. The van der Waals surface area contributed by atoms with Gasteiger partial charge in [0.15, 0.2) is 0 Å². The van der Waals surface area contributed by atoms with Crippen molar-refractivity contribution in [2.45, 2.75) is 25.1 Å². The van der Waals surface area contributed by atoms with Crippen LogP contribution >= 0.6 is 0 Å². The van der Waals surface area contributed by atoms with Crippen molar-refractivity contribution >= 4 is 11.7 Å². The normalized spacial score (nSPS) is 27.1. The lowest BCUT2D eigenvalue weighted by atomic mass is 10.2. The third kappa shape index (κ3) is 1.58. The molecule has 1 amide bonds. The summed E-state index contributed by atoms with van der Waals surface area (Å²) in [6.45, 7) is 0.805. The molecule has 0 bridgehead atoms. The van der Waals surface area contributed by atoms with E-state index in [-0.39, 0.29) is 18.2 Å². The van der Waals surface area contributed by atoms with Gasteiger partial charge in [-0.25, -0.2) is 4.98 Å². The second-order valence-electron chi connectivity index (χ2n) is 4.41. The molecule has 0 aromatic carbocycles. The van der Waals surface area contributed by atoms with Crippen molar-refractivity contribution in [1.29, 1.82) is 0 Å². The maximum atomic E-state index is 12.4. The van der Waals surface area contributed by atoms with Gasteiger partial charge in [-0.15, -0.1) is 0 Å². The van der Waals surface area contributed by atoms with Gasteiger partial charge in [-0.2, -0.15) is 0 Å². The molecule has 5 heteroatoms. The molecule has 5 nitrogen and oxygen atoms in total. The van der Waals surface area contributed by atoms with Crippen LogP contribution < -0.4 is 5.32 Å². The van der Waals surface area contributed by atoms with Crippen LogP contribution in [0.1, 0.15) is 23.2 Å². The molecule has 1 aromatic heterocycles. The molecule has 1 fully saturated rings. The number of hydrogen-bond donors (Lipinski definition) is 1. The number of hydrogen-bond acceptors (Lipinski definition) is 4. The van der Waals surface area contributed by atoms with E-state index in [9.17, 15) is 4.79 Å². The van der Waals surface area contributed by atoms with E-state index in [4.69, 9.17) is 4.74 Å². The van der Waals surface area contributed by atoms with Gasteiger partial charge < -0.3 is 15.0 Å². The van der Waals surface area contributed by atoms with Crippen LogP contribution in [0.25, 0.3) is 0 Å². The standard InChI is InChI=1S/C12H15N3O2/c1-17-11-9-5-3-7-15(9)12(16)8-4-2-6-13-10(8)14-11/h2,4,6,9,11H,3,5,7H2,1H3,(H,13,14)/t9-,11-/m0/s1. The first-order valence-corrected chi connectivity index (χ1v) is 5.86. The third-order valence-electron chi connectivity index (χ3n) is 3.48. The summed E-state index contributed by atoms with van der Waals surface area (Å²) in [7, 11) is 1.66. The van der Waals surface area contributed by atoms with E-state index in [1.807, 2.05) is 11.0 Å². The van der Waals surface area contributed by atoms with E-state index >= 15 is 0 Å². The minimum absolute atomic E-state index is 0.0580. The monoisotopic (exact) mass is 233 g/mol. The van der Waals surface area contributed by atoms with Crippen molar-refractivity contribution in [2.24, 2.45) is 0 Å². The molecule has 3 rings (SSSR count). The van der Waals surface area contributed by atoms with Crippen molar-refractivity contribution < 1.29 is 9.53 Å². The Hall–Kier alpha value is -1.62. The zero-order valence-corrected chi connectivity index (χ0v) is 9.72. The molecule has 90 valence electrons. The molecule has 0 radical (unpaired) electrons. The Bertz CT molecular complexity index is 449. The third-order valence-corrected chi connectivity index (χ3v) is 3.48.